The highest BCUT2D eigenvalue weighted by molar-refractivity contribution is 7.92. The van der Waals surface area contributed by atoms with E-state index in [0.717, 1.165) is 12.1 Å². The summed E-state index contributed by atoms with van der Waals surface area (Å²) >= 11 is 0. The van der Waals surface area contributed by atoms with Gasteiger partial charge in [-0.2, -0.15) is 0 Å². The van der Waals surface area contributed by atoms with E-state index in [1.807, 2.05) is 0 Å². The first-order valence-corrected chi connectivity index (χ1v) is 11.3. The van der Waals surface area contributed by atoms with Crippen molar-refractivity contribution in [1.82, 2.24) is 9.97 Å². The lowest BCUT2D eigenvalue weighted by molar-refractivity contribution is -0.385. The van der Waals surface area contributed by atoms with Gasteiger partial charge in [-0.25, -0.2) is 18.4 Å². The van der Waals surface area contributed by atoms with Gasteiger partial charge >= 0.3 is 0 Å². The molecule has 0 bridgehead atoms. The Kier molecular flexibility index (Phi) is 6.12. The summed E-state index contributed by atoms with van der Waals surface area (Å²) in [6.07, 6.45) is 0. The van der Waals surface area contributed by atoms with Crippen molar-refractivity contribution in [3.63, 3.8) is 0 Å². The van der Waals surface area contributed by atoms with E-state index in [-0.39, 0.29) is 33.7 Å². The molecule has 3 aromatic carbocycles. The number of nitro groups is 2. The number of nitro benzene ring substituents is 2. The Morgan fingerprint density at radius 2 is 1.49 bits per heavy atom. The minimum absolute atomic E-state index is 0.0553. The zero-order chi connectivity index (χ0) is 25.2. The van der Waals surface area contributed by atoms with Crippen LogP contribution < -0.4 is 14.8 Å². The number of nitrogens with zero attached hydrogens (tertiary/aromatic N) is 4. The van der Waals surface area contributed by atoms with Crippen molar-refractivity contribution in [2.45, 2.75) is 4.90 Å². The fourth-order valence-corrected chi connectivity index (χ4v) is 4.17. The molecule has 2 N–H and O–H groups in total. The van der Waals surface area contributed by atoms with Crippen LogP contribution in [0.3, 0.4) is 0 Å². The van der Waals surface area contributed by atoms with E-state index < -0.39 is 25.6 Å². The van der Waals surface area contributed by atoms with Crippen molar-refractivity contribution in [2.75, 3.05) is 17.1 Å². The molecule has 4 rings (SSSR count). The van der Waals surface area contributed by atoms with Crippen LogP contribution in [-0.4, -0.2) is 35.3 Å². The lowest BCUT2D eigenvalue weighted by Crippen LogP contribution is -2.16. The minimum atomic E-state index is -4.32. The van der Waals surface area contributed by atoms with Gasteiger partial charge in [0.15, 0.2) is 11.6 Å². The molecule has 14 heteroatoms. The lowest BCUT2D eigenvalue weighted by atomic mass is 10.2. The maximum Gasteiger partial charge on any atom is 0.275 e. The summed E-state index contributed by atoms with van der Waals surface area (Å²) in [7, 11) is -2.97. The van der Waals surface area contributed by atoms with E-state index in [1.165, 1.54) is 37.4 Å². The number of rotatable bonds is 8. The fourth-order valence-electron chi connectivity index (χ4n) is 3.12. The number of fused-ring (bicyclic) bond motifs is 1. The summed E-state index contributed by atoms with van der Waals surface area (Å²) in [5.74, 6) is -0.0879. The van der Waals surface area contributed by atoms with Gasteiger partial charge in [0, 0.05) is 24.3 Å². The Hall–Kier alpha value is -4.85. The highest BCUT2D eigenvalue weighted by atomic mass is 32.2. The van der Waals surface area contributed by atoms with Crippen LogP contribution in [0.1, 0.15) is 0 Å². The Morgan fingerprint density at radius 3 is 2.11 bits per heavy atom. The molecular formula is C21H16N6O7S. The van der Waals surface area contributed by atoms with Crippen LogP contribution in [0.15, 0.2) is 71.6 Å². The number of aromatic nitrogens is 2. The number of hydrogen-bond acceptors (Lipinski definition) is 10. The largest absolute Gasteiger partial charge is 0.496 e. The van der Waals surface area contributed by atoms with Crippen LogP contribution in [-0.2, 0) is 10.0 Å². The Bertz CT molecular complexity index is 1580. The summed E-state index contributed by atoms with van der Waals surface area (Å²) in [6, 6.07) is 15.1. The molecule has 0 amide bonds. The Balaban J connectivity index is 1.80. The highest BCUT2D eigenvalue weighted by Crippen LogP contribution is 2.31. The van der Waals surface area contributed by atoms with E-state index in [1.54, 1.807) is 24.3 Å². The normalized spacial score (nSPS) is 11.1. The zero-order valence-corrected chi connectivity index (χ0v) is 18.7. The molecule has 178 valence electrons. The van der Waals surface area contributed by atoms with Crippen LogP contribution in [0.5, 0.6) is 5.75 Å². The van der Waals surface area contributed by atoms with Gasteiger partial charge in [0.2, 0.25) is 0 Å². The van der Waals surface area contributed by atoms with Gasteiger partial charge in [-0.05, 0) is 18.2 Å². The molecule has 0 spiro atoms. The summed E-state index contributed by atoms with van der Waals surface area (Å²) < 4.78 is 33.4. The smallest absolute Gasteiger partial charge is 0.275 e. The van der Waals surface area contributed by atoms with Crippen molar-refractivity contribution >= 4 is 49.8 Å². The van der Waals surface area contributed by atoms with Crippen LogP contribution in [0, 0.1) is 20.2 Å². The van der Waals surface area contributed by atoms with Gasteiger partial charge in [0.1, 0.15) is 5.75 Å². The number of benzene rings is 3. The predicted molar refractivity (Wildman–Crippen MR) is 126 cm³/mol. The van der Waals surface area contributed by atoms with Crippen molar-refractivity contribution in [3.8, 4) is 5.75 Å². The first-order chi connectivity index (χ1) is 16.7. The minimum Gasteiger partial charge on any atom is -0.496 e. The van der Waals surface area contributed by atoms with Gasteiger partial charge in [0.25, 0.3) is 21.4 Å². The molecule has 1 heterocycles. The SMILES string of the molecule is COc1cc(Nc2nc3ccccc3nc2NS(=O)(=O)c2cccc([N+](=O)[O-])c2)cc([N+](=O)[O-])c1. The standard InChI is InChI=1S/C21H16N6O7S/c1-34-16-10-13(9-15(11-16)27(30)31)22-20-21(24-19-8-3-2-7-18(19)23-20)25-35(32,33)17-6-4-5-14(12-17)26(28)29/h2-12H,1H3,(H,22,23)(H,24,25). The van der Waals surface area contributed by atoms with E-state index in [2.05, 4.69) is 20.0 Å². The number of methoxy groups -OCH3 is 1. The number of anilines is 3. The Labute approximate surface area is 197 Å². The lowest BCUT2D eigenvalue weighted by Gasteiger charge is -2.14. The van der Waals surface area contributed by atoms with Gasteiger partial charge in [0.05, 0.1) is 44.6 Å². The van der Waals surface area contributed by atoms with Gasteiger partial charge in [-0.15, -0.1) is 0 Å². The molecule has 0 aliphatic heterocycles. The first kappa shape index (κ1) is 23.3. The number of hydrogen-bond donors (Lipinski definition) is 2. The quantitative estimate of drug-likeness (QED) is 0.267. The molecule has 0 unspecified atom stereocenters. The third-order valence-corrected chi connectivity index (χ3v) is 6.08. The van der Waals surface area contributed by atoms with Crippen molar-refractivity contribution in [2.24, 2.45) is 0 Å². The maximum absolute atomic E-state index is 13.0. The third kappa shape index (κ3) is 5.06. The predicted octanol–water partition coefficient (Wildman–Crippen LogP) is 4.00. The van der Waals surface area contributed by atoms with Gasteiger partial charge < -0.3 is 10.1 Å². The number of nitrogens with one attached hydrogen (secondary N) is 2. The molecular weight excluding hydrogens is 480 g/mol. The summed E-state index contributed by atoms with van der Waals surface area (Å²) in [4.78, 5) is 29.4. The van der Waals surface area contributed by atoms with Crippen molar-refractivity contribution in [1.29, 1.82) is 0 Å². The highest BCUT2D eigenvalue weighted by Gasteiger charge is 2.22. The molecule has 0 saturated carbocycles. The van der Waals surface area contributed by atoms with E-state index in [9.17, 15) is 28.6 Å². The molecule has 0 radical (unpaired) electrons. The molecule has 0 aliphatic rings. The van der Waals surface area contributed by atoms with Crippen LogP contribution in [0.2, 0.25) is 0 Å². The average molecular weight is 496 g/mol. The monoisotopic (exact) mass is 496 g/mol. The second-order valence-corrected chi connectivity index (χ2v) is 8.75. The zero-order valence-electron chi connectivity index (χ0n) is 17.9. The van der Waals surface area contributed by atoms with Gasteiger partial charge in [-0.1, -0.05) is 18.2 Å². The van der Waals surface area contributed by atoms with Crippen LogP contribution in [0.4, 0.5) is 28.7 Å². The molecule has 35 heavy (non-hydrogen) atoms. The third-order valence-electron chi connectivity index (χ3n) is 4.74. The molecule has 0 fully saturated rings. The molecule has 0 saturated heterocycles. The molecule has 4 aromatic rings. The first-order valence-electron chi connectivity index (χ1n) is 9.81. The van der Waals surface area contributed by atoms with E-state index in [4.69, 9.17) is 4.74 Å². The topological polar surface area (TPSA) is 179 Å². The number of non-ortho nitro benzene ring substituents is 2. The average Bonchev–Trinajstić information content (AvgIpc) is 2.84. The van der Waals surface area contributed by atoms with Crippen molar-refractivity contribution < 1.29 is 23.0 Å². The molecule has 0 atom stereocenters. The van der Waals surface area contributed by atoms with Gasteiger partial charge in [-0.3, -0.25) is 25.0 Å². The number of ether oxygens (including phenoxy) is 1. The number of sulfonamides is 1. The summed E-state index contributed by atoms with van der Waals surface area (Å²) in [5, 5.41) is 25.2. The second-order valence-electron chi connectivity index (χ2n) is 7.07. The van der Waals surface area contributed by atoms with Crippen LogP contribution in [0.25, 0.3) is 11.0 Å². The molecule has 1 aromatic heterocycles. The van der Waals surface area contributed by atoms with Crippen LogP contribution >= 0.6 is 0 Å². The summed E-state index contributed by atoms with van der Waals surface area (Å²) in [5.41, 5.74) is 0.312. The molecule has 13 nitrogen and oxygen atoms in total. The fraction of sp³-hybridized carbons (Fsp3) is 0.0476. The number of para-hydroxylation sites is 2. The van der Waals surface area contributed by atoms with Crippen molar-refractivity contribution in [3.05, 3.63) is 87.0 Å². The second kappa shape index (κ2) is 9.18. The maximum atomic E-state index is 13.0. The Morgan fingerprint density at radius 1 is 0.829 bits per heavy atom. The van der Waals surface area contributed by atoms with E-state index in [0.29, 0.717) is 11.0 Å². The summed E-state index contributed by atoms with van der Waals surface area (Å²) in [6.45, 7) is 0. The molecule has 0 aliphatic carbocycles. The van der Waals surface area contributed by atoms with E-state index >= 15 is 0 Å².